The number of pyridine rings is 1. The fraction of sp³-hybridized carbons (Fsp3) is 0.571. The van der Waals surface area contributed by atoms with E-state index in [-0.39, 0.29) is 16.5 Å². The molecule has 0 amide bonds. The highest BCUT2D eigenvalue weighted by molar-refractivity contribution is 7.99. The molecule has 23 heavy (non-hydrogen) atoms. The molecular weight excluding hydrogens is 336 g/mol. The van der Waals surface area contributed by atoms with E-state index in [0.29, 0.717) is 25.3 Å². The maximum atomic E-state index is 12.7. The smallest absolute Gasteiger partial charge is 0.249 e. The van der Waals surface area contributed by atoms with E-state index in [2.05, 4.69) is 5.10 Å². The van der Waals surface area contributed by atoms with Crippen LogP contribution in [0.5, 0.6) is 0 Å². The molecule has 0 bridgehead atoms. The van der Waals surface area contributed by atoms with Gasteiger partial charge in [0, 0.05) is 37.3 Å². The second kappa shape index (κ2) is 6.29. The van der Waals surface area contributed by atoms with Crippen LogP contribution in [0.2, 0.25) is 0 Å². The minimum absolute atomic E-state index is 0.142. The molecule has 0 saturated carbocycles. The van der Waals surface area contributed by atoms with Crippen molar-refractivity contribution in [1.29, 1.82) is 0 Å². The van der Waals surface area contributed by atoms with E-state index in [9.17, 15) is 13.2 Å². The van der Waals surface area contributed by atoms with Gasteiger partial charge in [-0.3, -0.25) is 0 Å². The summed E-state index contributed by atoms with van der Waals surface area (Å²) < 4.78 is 29.6. The fourth-order valence-electron chi connectivity index (χ4n) is 2.55. The lowest BCUT2D eigenvalue weighted by Gasteiger charge is -2.25. The first-order valence-electron chi connectivity index (χ1n) is 7.57. The van der Waals surface area contributed by atoms with Crippen molar-refractivity contribution in [3.05, 3.63) is 28.8 Å². The van der Waals surface area contributed by atoms with Crippen LogP contribution < -0.4 is 5.69 Å². The van der Waals surface area contributed by atoms with E-state index in [0.717, 1.165) is 11.5 Å². The Balaban J connectivity index is 2.02. The minimum atomic E-state index is -3.56. The van der Waals surface area contributed by atoms with Gasteiger partial charge in [-0.05, 0) is 18.1 Å². The summed E-state index contributed by atoms with van der Waals surface area (Å²) in [7, 11) is -3.56. The van der Waals surface area contributed by atoms with Crippen molar-refractivity contribution in [2.75, 3.05) is 24.6 Å². The molecule has 0 atom stereocenters. The second-order valence-electron chi connectivity index (χ2n) is 5.97. The Morgan fingerprint density at radius 2 is 1.96 bits per heavy atom. The minimum Gasteiger partial charge on any atom is -0.249 e. The Morgan fingerprint density at radius 1 is 1.26 bits per heavy atom. The molecule has 1 aliphatic heterocycles. The molecule has 0 unspecified atom stereocenters. The molecule has 126 valence electrons. The van der Waals surface area contributed by atoms with Gasteiger partial charge < -0.3 is 0 Å². The Labute approximate surface area is 139 Å². The zero-order chi connectivity index (χ0) is 16.6. The van der Waals surface area contributed by atoms with Gasteiger partial charge in [0.2, 0.25) is 10.0 Å². The largest absolute Gasteiger partial charge is 0.350 e. The van der Waals surface area contributed by atoms with Crippen LogP contribution in [-0.4, -0.2) is 51.5 Å². The first kappa shape index (κ1) is 16.5. The predicted molar refractivity (Wildman–Crippen MR) is 90.4 cm³/mol. The lowest BCUT2D eigenvalue weighted by molar-refractivity contribution is 0.443. The molecule has 9 heteroatoms. The third-order valence-electron chi connectivity index (χ3n) is 3.70. The van der Waals surface area contributed by atoms with Crippen molar-refractivity contribution in [2.24, 2.45) is 5.92 Å². The summed E-state index contributed by atoms with van der Waals surface area (Å²) in [6.07, 6.45) is 1.39. The molecular formula is C14H20N4O3S2. The average molecular weight is 356 g/mol. The topological polar surface area (TPSA) is 76.7 Å². The predicted octanol–water partition coefficient (Wildman–Crippen LogP) is 0.889. The van der Waals surface area contributed by atoms with Crippen molar-refractivity contribution in [2.45, 2.75) is 25.3 Å². The highest BCUT2D eigenvalue weighted by atomic mass is 32.2. The molecule has 1 saturated heterocycles. The summed E-state index contributed by atoms with van der Waals surface area (Å²) in [5, 5.41) is 4.24. The number of nitrogens with zero attached hydrogens (tertiary/aromatic N) is 4. The van der Waals surface area contributed by atoms with E-state index in [1.54, 1.807) is 17.8 Å². The maximum absolute atomic E-state index is 12.7. The highest BCUT2D eigenvalue weighted by Crippen LogP contribution is 2.20. The summed E-state index contributed by atoms with van der Waals surface area (Å²) in [5.74, 6) is 1.88. The molecule has 2 aromatic heterocycles. The summed E-state index contributed by atoms with van der Waals surface area (Å²) in [6, 6.07) is 3.11. The van der Waals surface area contributed by atoms with E-state index in [4.69, 9.17) is 0 Å². The molecule has 7 nitrogen and oxygen atoms in total. The van der Waals surface area contributed by atoms with E-state index < -0.39 is 10.0 Å². The van der Waals surface area contributed by atoms with Gasteiger partial charge in [0.05, 0.1) is 4.90 Å². The van der Waals surface area contributed by atoms with E-state index in [1.165, 1.54) is 25.7 Å². The first-order chi connectivity index (χ1) is 10.9. The van der Waals surface area contributed by atoms with Crippen LogP contribution in [-0.2, 0) is 16.6 Å². The van der Waals surface area contributed by atoms with Crippen LogP contribution >= 0.6 is 11.8 Å². The van der Waals surface area contributed by atoms with Crippen molar-refractivity contribution in [3.63, 3.8) is 0 Å². The lowest BCUT2D eigenvalue weighted by Crippen LogP contribution is -2.38. The van der Waals surface area contributed by atoms with Crippen LogP contribution in [0.15, 0.2) is 28.0 Å². The highest BCUT2D eigenvalue weighted by Gasteiger charge is 2.27. The number of sulfonamides is 1. The van der Waals surface area contributed by atoms with Crippen LogP contribution in [0.4, 0.5) is 0 Å². The van der Waals surface area contributed by atoms with Gasteiger partial charge in [0.1, 0.15) is 0 Å². The molecule has 3 heterocycles. The summed E-state index contributed by atoms with van der Waals surface area (Å²) in [4.78, 5) is 12.5. The number of hydrogen-bond acceptors (Lipinski definition) is 5. The normalized spacial score (nSPS) is 17.2. The molecule has 0 aliphatic carbocycles. The van der Waals surface area contributed by atoms with Crippen LogP contribution in [0.3, 0.4) is 0 Å². The first-order valence-corrected chi connectivity index (χ1v) is 10.2. The number of hydrogen-bond donors (Lipinski definition) is 0. The van der Waals surface area contributed by atoms with Gasteiger partial charge in [-0.25, -0.2) is 22.3 Å². The van der Waals surface area contributed by atoms with Gasteiger partial charge in [-0.2, -0.15) is 16.1 Å². The molecule has 1 fully saturated rings. The van der Waals surface area contributed by atoms with Crippen molar-refractivity contribution >= 4 is 27.4 Å². The Bertz CT molecular complexity index is 864. The SMILES string of the molecule is CC(C)Cn1nc2ccc(S(=O)(=O)N3CCSCC3)cn2c1=O. The average Bonchev–Trinajstić information content (AvgIpc) is 2.83. The maximum Gasteiger partial charge on any atom is 0.350 e. The summed E-state index contributed by atoms with van der Waals surface area (Å²) >= 11 is 1.75. The van der Waals surface area contributed by atoms with Crippen LogP contribution in [0, 0.1) is 5.92 Å². The van der Waals surface area contributed by atoms with Crippen molar-refractivity contribution in [3.8, 4) is 0 Å². The lowest BCUT2D eigenvalue weighted by atomic mass is 10.2. The number of rotatable bonds is 4. The Kier molecular flexibility index (Phi) is 4.52. The molecule has 0 radical (unpaired) electrons. The third-order valence-corrected chi connectivity index (χ3v) is 6.52. The zero-order valence-corrected chi connectivity index (χ0v) is 14.8. The number of aromatic nitrogens is 3. The quantitative estimate of drug-likeness (QED) is 0.813. The second-order valence-corrected chi connectivity index (χ2v) is 9.13. The molecule has 0 aromatic carbocycles. The van der Waals surface area contributed by atoms with Crippen LogP contribution in [0.25, 0.3) is 5.65 Å². The number of fused-ring (bicyclic) bond motifs is 1. The Hall–Kier alpha value is -1.32. The van der Waals surface area contributed by atoms with Crippen molar-refractivity contribution < 1.29 is 8.42 Å². The van der Waals surface area contributed by atoms with Gasteiger partial charge >= 0.3 is 5.69 Å². The summed E-state index contributed by atoms with van der Waals surface area (Å²) in [5.41, 5.74) is 0.156. The molecule has 0 N–H and O–H groups in total. The van der Waals surface area contributed by atoms with E-state index >= 15 is 0 Å². The summed E-state index contributed by atoms with van der Waals surface area (Å²) in [6.45, 7) is 5.52. The fourth-order valence-corrected chi connectivity index (χ4v) is 5.13. The van der Waals surface area contributed by atoms with Gasteiger partial charge in [0.15, 0.2) is 5.65 Å². The Morgan fingerprint density at radius 3 is 2.61 bits per heavy atom. The zero-order valence-electron chi connectivity index (χ0n) is 13.2. The van der Waals surface area contributed by atoms with Gasteiger partial charge in [-0.15, -0.1) is 5.10 Å². The third kappa shape index (κ3) is 3.17. The van der Waals surface area contributed by atoms with Crippen molar-refractivity contribution in [1.82, 2.24) is 18.5 Å². The monoisotopic (exact) mass is 356 g/mol. The van der Waals surface area contributed by atoms with E-state index in [1.807, 2.05) is 13.8 Å². The van der Waals surface area contributed by atoms with Gasteiger partial charge in [0.25, 0.3) is 0 Å². The molecule has 2 aromatic rings. The van der Waals surface area contributed by atoms with Crippen LogP contribution in [0.1, 0.15) is 13.8 Å². The molecule has 1 aliphatic rings. The number of thioether (sulfide) groups is 1. The van der Waals surface area contributed by atoms with Gasteiger partial charge in [-0.1, -0.05) is 13.8 Å². The standard InChI is InChI=1S/C14H20N4O3S2/c1-11(2)9-18-14(19)17-10-12(3-4-13(17)15-18)23(20,21)16-5-7-22-8-6-16/h3-4,10-11H,5-9H2,1-2H3. The molecule has 0 spiro atoms. The molecule has 3 rings (SSSR count).